The largest absolute Gasteiger partial charge is 0.357 e. The summed E-state index contributed by atoms with van der Waals surface area (Å²) in [5.41, 5.74) is 3.71. The second-order valence-corrected chi connectivity index (χ2v) is 6.75. The van der Waals surface area contributed by atoms with Crippen molar-refractivity contribution in [2.45, 2.75) is 33.7 Å². The first-order chi connectivity index (χ1) is 11.1. The summed E-state index contributed by atoms with van der Waals surface area (Å²) in [6.45, 7) is 8.72. The molecule has 0 bridgehead atoms. The summed E-state index contributed by atoms with van der Waals surface area (Å²) >= 11 is 1.70. The summed E-state index contributed by atoms with van der Waals surface area (Å²) in [7, 11) is 2.08. The van der Waals surface area contributed by atoms with Crippen LogP contribution >= 0.6 is 35.3 Å². The number of guanidine groups is 1. The van der Waals surface area contributed by atoms with E-state index in [0.717, 1.165) is 42.7 Å². The molecule has 1 aromatic carbocycles. The molecule has 2 rings (SSSR count). The van der Waals surface area contributed by atoms with Crippen molar-refractivity contribution in [2.24, 2.45) is 4.99 Å². The van der Waals surface area contributed by atoms with Gasteiger partial charge in [-0.3, -0.25) is 4.99 Å². The van der Waals surface area contributed by atoms with Crippen LogP contribution in [-0.4, -0.2) is 36.0 Å². The van der Waals surface area contributed by atoms with E-state index in [-0.39, 0.29) is 24.0 Å². The second kappa shape index (κ2) is 10.7. The molecule has 24 heavy (non-hydrogen) atoms. The van der Waals surface area contributed by atoms with Crippen molar-refractivity contribution in [3.05, 3.63) is 51.5 Å². The lowest BCUT2D eigenvalue weighted by Crippen LogP contribution is -2.38. The van der Waals surface area contributed by atoms with E-state index in [1.165, 1.54) is 11.1 Å². The smallest absolute Gasteiger partial charge is 0.193 e. The van der Waals surface area contributed by atoms with Crippen LogP contribution in [0.4, 0.5) is 0 Å². The molecule has 2 aromatic rings. The van der Waals surface area contributed by atoms with Gasteiger partial charge in [0.05, 0.1) is 10.7 Å². The first kappa shape index (κ1) is 20.9. The average molecular weight is 458 g/mol. The van der Waals surface area contributed by atoms with E-state index in [4.69, 9.17) is 4.99 Å². The van der Waals surface area contributed by atoms with E-state index >= 15 is 0 Å². The van der Waals surface area contributed by atoms with Gasteiger partial charge in [-0.1, -0.05) is 29.8 Å². The Kier molecular flexibility index (Phi) is 9.28. The highest BCUT2D eigenvalue weighted by Gasteiger charge is 2.06. The number of hydrogen-bond acceptors (Lipinski definition) is 3. The van der Waals surface area contributed by atoms with Gasteiger partial charge in [-0.25, -0.2) is 4.98 Å². The number of rotatable bonds is 6. The SMILES string of the molecule is CCNC(=NCCc1csc(C)n1)N(C)Cc1ccc(C)cc1.I. The molecule has 0 aliphatic rings. The summed E-state index contributed by atoms with van der Waals surface area (Å²) in [6, 6.07) is 8.65. The lowest BCUT2D eigenvalue weighted by molar-refractivity contribution is 0.477. The van der Waals surface area contributed by atoms with Crippen molar-refractivity contribution in [2.75, 3.05) is 20.1 Å². The minimum atomic E-state index is 0. The summed E-state index contributed by atoms with van der Waals surface area (Å²) in [5.74, 6) is 0.944. The van der Waals surface area contributed by atoms with Crippen LogP contribution in [0.25, 0.3) is 0 Å². The molecule has 0 unspecified atom stereocenters. The molecule has 0 radical (unpaired) electrons. The predicted molar refractivity (Wildman–Crippen MR) is 115 cm³/mol. The van der Waals surface area contributed by atoms with Gasteiger partial charge in [0, 0.05) is 38.5 Å². The standard InChI is InChI=1S/C18H26N4S.HI/c1-5-19-18(20-11-10-17-13-23-15(3)21-17)22(4)12-16-8-6-14(2)7-9-16;/h6-9,13H,5,10-12H2,1-4H3,(H,19,20);1H. The number of aryl methyl sites for hydroxylation is 2. The van der Waals surface area contributed by atoms with Crippen molar-refractivity contribution in [1.82, 2.24) is 15.2 Å². The molecule has 0 saturated heterocycles. The number of halogens is 1. The van der Waals surface area contributed by atoms with Crippen LogP contribution < -0.4 is 5.32 Å². The molecule has 0 atom stereocenters. The monoisotopic (exact) mass is 458 g/mol. The zero-order valence-corrected chi connectivity index (χ0v) is 18.0. The first-order valence-corrected chi connectivity index (χ1v) is 8.92. The van der Waals surface area contributed by atoms with Gasteiger partial charge < -0.3 is 10.2 Å². The zero-order valence-electron chi connectivity index (χ0n) is 14.9. The highest BCUT2D eigenvalue weighted by Crippen LogP contribution is 2.09. The molecule has 0 aliphatic heterocycles. The number of nitrogens with one attached hydrogen (secondary N) is 1. The maximum atomic E-state index is 4.73. The summed E-state index contributed by atoms with van der Waals surface area (Å²) in [6.07, 6.45) is 0.887. The van der Waals surface area contributed by atoms with Crippen LogP contribution in [0.15, 0.2) is 34.6 Å². The van der Waals surface area contributed by atoms with E-state index in [9.17, 15) is 0 Å². The fourth-order valence-electron chi connectivity index (χ4n) is 2.31. The van der Waals surface area contributed by atoms with Crippen molar-refractivity contribution < 1.29 is 0 Å². The van der Waals surface area contributed by atoms with Gasteiger partial charge in [0.1, 0.15) is 0 Å². The normalized spacial score (nSPS) is 11.1. The molecule has 6 heteroatoms. The van der Waals surface area contributed by atoms with Crippen LogP contribution in [0.2, 0.25) is 0 Å². The van der Waals surface area contributed by atoms with Crippen molar-refractivity contribution in [3.63, 3.8) is 0 Å². The number of nitrogens with zero attached hydrogens (tertiary/aromatic N) is 3. The van der Waals surface area contributed by atoms with Crippen molar-refractivity contribution in [3.8, 4) is 0 Å². The molecule has 1 N–H and O–H groups in total. The Hall–Kier alpha value is -1.15. The third-order valence-corrected chi connectivity index (χ3v) is 4.36. The van der Waals surface area contributed by atoms with Crippen molar-refractivity contribution in [1.29, 1.82) is 0 Å². The quantitative estimate of drug-likeness (QED) is 0.404. The fourth-order valence-corrected chi connectivity index (χ4v) is 2.96. The number of benzene rings is 1. The highest BCUT2D eigenvalue weighted by atomic mass is 127. The second-order valence-electron chi connectivity index (χ2n) is 5.69. The molecule has 0 fully saturated rings. The van der Waals surface area contributed by atoms with E-state index in [2.05, 4.69) is 65.7 Å². The molecule has 0 saturated carbocycles. The van der Waals surface area contributed by atoms with Gasteiger partial charge in [-0.05, 0) is 26.3 Å². The lowest BCUT2D eigenvalue weighted by atomic mass is 10.1. The van der Waals surface area contributed by atoms with Gasteiger partial charge >= 0.3 is 0 Å². The molecule has 1 heterocycles. The third-order valence-electron chi connectivity index (χ3n) is 3.53. The van der Waals surface area contributed by atoms with Gasteiger partial charge in [0.2, 0.25) is 0 Å². The van der Waals surface area contributed by atoms with Gasteiger partial charge in [0.25, 0.3) is 0 Å². The van der Waals surface area contributed by atoms with E-state index in [1.807, 2.05) is 6.92 Å². The minimum Gasteiger partial charge on any atom is -0.357 e. The maximum Gasteiger partial charge on any atom is 0.193 e. The van der Waals surface area contributed by atoms with Crippen LogP contribution in [0, 0.1) is 13.8 Å². The first-order valence-electron chi connectivity index (χ1n) is 8.04. The van der Waals surface area contributed by atoms with Crippen LogP contribution in [0.5, 0.6) is 0 Å². The summed E-state index contributed by atoms with van der Waals surface area (Å²) in [5, 5.41) is 6.60. The van der Waals surface area contributed by atoms with Gasteiger partial charge in [-0.15, -0.1) is 35.3 Å². The van der Waals surface area contributed by atoms with E-state index in [1.54, 1.807) is 11.3 Å². The molecule has 0 amide bonds. The number of thiazole rings is 1. The average Bonchev–Trinajstić information content (AvgIpc) is 2.94. The minimum absolute atomic E-state index is 0. The van der Waals surface area contributed by atoms with Crippen LogP contribution in [0.3, 0.4) is 0 Å². The fraction of sp³-hybridized carbons (Fsp3) is 0.444. The molecule has 1 aromatic heterocycles. The Morgan fingerprint density at radius 1 is 1.25 bits per heavy atom. The van der Waals surface area contributed by atoms with Crippen molar-refractivity contribution >= 4 is 41.3 Å². The molecular weight excluding hydrogens is 431 g/mol. The highest BCUT2D eigenvalue weighted by molar-refractivity contribution is 14.0. The summed E-state index contributed by atoms with van der Waals surface area (Å²) < 4.78 is 0. The Labute approximate surface area is 166 Å². The Bertz CT molecular complexity index is 637. The predicted octanol–water partition coefficient (Wildman–Crippen LogP) is 4.02. The zero-order chi connectivity index (χ0) is 16.7. The van der Waals surface area contributed by atoms with Crippen LogP contribution in [-0.2, 0) is 13.0 Å². The lowest BCUT2D eigenvalue weighted by Gasteiger charge is -2.22. The van der Waals surface area contributed by atoms with Crippen LogP contribution in [0.1, 0.15) is 28.8 Å². The number of aromatic nitrogens is 1. The van der Waals surface area contributed by atoms with Gasteiger partial charge in [-0.2, -0.15) is 0 Å². The number of hydrogen-bond donors (Lipinski definition) is 1. The molecular formula is C18H27IN4S. The maximum absolute atomic E-state index is 4.73. The third kappa shape index (κ3) is 6.76. The van der Waals surface area contributed by atoms with Gasteiger partial charge in [0.15, 0.2) is 5.96 Å². The summed E-state index contributed by atoms with van der Waals surface area (Å²) in [4.78, 5) is 11.4. The Morgan fingerprint density at radius 2 is 1.96 bits per heavy atom. The number of aliphatic imine (C=N–C) groups is 1. The topological polar surface area (TPSA) is 40.5 Å². The molecule has 4 nitrogen and oxygen atoms in total. The van der Waals surface area contributed by atoms with E-state index < -0.39 is 0 Å². The molecule has 0 spiro atoms. The molecule has 132 valence electrons. The van der Waals surface area contributed by atoms with E-state index in [0.29, 0.717) is 0 Å². The molecule has 0 aliphatic carbocycles. The Balaban J connectivity index is 0.00000288. The Morgan fingerprint density at radius 3 is 2.54 bits per heavy atom.